The van der Waals surface area contributed by atoms with E-state index >= 15 is 0 Å². The van der Waals surface area contributed by atoms with Crippen molar-refractivity contribution in [1.82, 2.24) is 4.98 Å². The number of hydrogen-bond donors (Lipinski definition) is 1. The van der Waals surface area contributed by atoms with Crippen LogP contribution >= 0.6 is 12.6 Å². The van der Waals surface area contributed by atoms with E-state index in [2.05, 4.69) is 17.6 Å². The standard InChI is InChI=1S/C11H11F3N2OS/c12-11(13,14)9-4-8(1-2-15-9)16-5-7(6-18)3-10(16)17/h1-2,4,7,18H,3,5-6H2. The second-order valence-corrected chi connectivity index (χ2v) is 4.52. The topological polar surface area (TPSA) is 33.2 Å². The molecule has 1 atom stereocenters. The van der Waals surface area contributed by atoms with Gasteiger partial charge >= 0.3 is 6.18 Å². The van der Waals surface area contributed by atoms with Gasteiger partial charge in [-0.05, 0) is 23.8 Å². The second kappa shape index (κ2) is 4.79. The third kappa shape index (κ3) is 2.60. The smallest absolute Gasteiger partial charge is 0.312 e. The highest BCUT2D eigenvalue weighted by Gasteiger charge is 2.35. The molecule has 1 aromatic rings. The lowest BCUT2D eigenvalue weighted by Gasteiger charge is -2.17. The number of nitrogens with zero attached hydrogens (tertiary/aromatic N) is 2. The molecule has 0 N–H and O–H groups in total. The number of carbonyl (C=O) groups excluding carboxylic acids is 1. The van der Waals surface area contributed by atoms with Crippen LogP contribution in [0.1, 0.15) is 12.1 Å². The molecule has 1 aliphatic rings. The van der Waals surface area contributed by atoms with Gasteiger partial charge in [-0.2, -0.15) is 25.8 Å². The lowest BCUT2D eigenvalue weighted by Crippen LogP contribution is -2.25. The Balaban J connectivity index is 2.27. The Labute approximate surface area is 107 Å². The quantitative estimate of drug-likeness (QED) is 0.841. The van der Waals surface area contributed by atoms with Gasteiger partial charge in [0.2, 0.25) is 5.91 Å². The van der Waals surface area contributed by atoms with Crippen LogP contribution in [0.15, 0.2) is 18.3 Å². The number of aromatic nitrogens is 1. The molecule has 1 unspecified atom stereocenters. The molecule has 98 valence electrons. The molecular weight excluding hydrogens is 265 g/mol. The van der Waals surface area contributed by atoms with Gasteiger partial charge < -0.3 is 4.90 Å². The van der Waals surface area contributed by atoms with Crippen molar-refractivity contribution in [1.29, 1.82) is 0 Å². The molecule has 0 aromatic carbocycles. The summed E-state index contributed by atoms with van der Waals surface area (Å²) in [5.74, 6) is 0.455. The molecule has 1 saturated heterocycles. The summed E-state index contributed by atoms with van der Waals surface area (Å²) in [6.45, 7) is 0.406. The van der Waals surface area contributed by atoms with Gasteiger partial charge in [0, 0.05) is 24.8 Å². The summed E-state index contributed by atoms with van der Waals surface area (Å²) < 4.78 is 37.5. The van der Waals surface area contributed by atoms with E-state index in [0.717, 1.165) is 12.3 Å². The number of alkyl halides is 3. The maximum Gasteiger partial charge on any atom is 0.433 e. The van der Waals surface area contributed by atoms with Crippen LogP contribution in [-0.4, -0.2) is 23.2 Å². The Morgan fingerprint density at radius 1 is 1.50 bits per heavy atom. The average molecular weight is 276 g/mol. The summed E-state index contributed by atoms with van der Waals surface area (Å²) in [4.78, 5) is 16.3. The number of pyridine rings is 1. The number of amides is 1. The SMILES string of the molecule is O=C1CC(CS)CN1c1ccnc(C(F)(F)F)c1. The van der Waals surface area contributed by atoms with E-state index in [9.17, 15) is 18.0 Å². The molecule has 0 saturated carbocycles. The third-order valence-electron chi connectivity index (χ3n) is 2.81. The van der Waals surface area contributed by atoms with E-state index in [4.69, 9.17) is 0 Å². The molecule has 0 radical (unpaired) electrons. The van der Waals surface area contributed by atoms with Crippen LogP contribution in [-0.2, 0) is 11.0 Å². The lowest BCUT2D eigenvalue weighted by molar-refractivity contribution is -0.141. The molecule has 1 aliphatic heterocycles. The zero-order valence-corrected chi connectivity index (χ0v) is 10.2. The van der Waals surface area contributed by atoms with Crippen LogP contribution in [0.5, 0.6) is 0 Å². The molecule has 0 aliphatic carbocycles. The molecule has 18 heavy (non-hydrogen) atoms. The average Bonchev–Trinajstić information content (AvgIpc) is 2.70. The van der Waals surface area contributed by atoms with Gasteiger partial charge in [-0.25, -0.2) is 0 Å². The van der Waals surface area contributed by atoms with Gasteiger partial charge in [-0.1, -0.05) is 0 Å². The first-order valence-corrected chi connectivity index (χ1v) is 5.99. The molecule has 1 aromatic heterocycles. The summed E-state index contributed by atoms with van der Waals surface area (Å²) in [5.41, 5.74) is -0.742. The zero-order chi connectivity index (χ0) is 13.3. The van der Waals surface area contributed by atoms with Gasteiger partial charge in [0.25, 0.3) is 0 Å². The molecule has 3 nitrogen and oxygen atoms in total. The van der Waals surface area contributed by atoms with E-state index in [-0.39, 0.29) is 17.5 Å². The maximum atomic E-state index is 12.5. The van der Waals surface area contributed by atoms with Gasteiger partial charge in [-0.15, -0.1) is 0 Å². The number of carbonyl (C=O) groups is 1. The fraction of sp³-hybridized carbons (Fsp3) is 0.455. The lowest BCUT2D eigenvalue weighted by atomic mass is 10.1. The maximum absolute atomic E-state index is 12.5. The number of hydrogen-bond acceptors (Lipinski definition) is 3. The Bertz CT molecular complexity index is 464. The summed E-state index contributed by atoms with van der Waals surface area (Å²) in [6, 6.07) is 2.31. The van der Waals surface area contributed by atoms with Gasteiger partial charge in [0.15, 0.2) is 0 Å². The predicted octanol–water partition coefficient (Wildman–Crippen LogP) is 2.38. The Morgan fingerprint density at radius 2 is 2.22 bits per heavy atom. The van der Waals surface area contributed by atoms with Crippen LogP contribution in [0.25, 0.3) is 0 Å². The van der Waals surface area contributed by atoms with E-state index in [1.807, 2.05) is 0 Å². The van der Waals surface area contributed by atoms with Crippen molar-refractivity contribution in [3.05, 3.63) is 24.0 Å². The molecule has 2 heterocycles. The summed E-state index contributed by atoms with van der Waals surface area (Å²) in [6.07, 6.45) is -3.10. The minimum atomic E-state index is -4.50. The monoisotopic (exact) mass is 276 g/mol. The molecule has 1 fully saturated rings. The Kier molecular flexibility index (Phi) is 3.52. The first kappa shape index (κ1) is 13.2. The number of thiol groups is 1. The highest BCUT2D eigenvalue weighted by Crippen LogP contribution is 2.32. The number of anilines is 1. The summed E-state index contributed by atoms with van der Waals surface area (Å²) >= 11 is 4.10. The van der Waals surface area contributed by atoms with Crippen LogP contribution < -0.4 is 4.90 Å². The van der Waals surface area contributed by atoms with Crippen LogP contribution in [0.4, 0.5) is 18.9 Å². The first-order chi connectivity index (χ1) is 8.41. The summed E-state index contributed by atoms with van der Waals surface area (Å²) in [7, 11) is 0. The highest BCUT2D eigenvalue weighted by atomic mass is 32.1. The normalized spacial score (nSPS) is 20.6. The van der Waals surface area contributed by atoms with Gasteiger partial charge in [0.1, 0.15) is 5.69 Å². The molecular formula is C11H11F3N2OS. The van der Waals surface area contributed by atoms with Gasteiger partial charge in [-0.3, -0.25) is 9.78 Å². The molecule has 2 rings (SSSR count). The minimum Gasteiger partial charge on any atom is -0.312 e. The van der Waals surface area contributed by atoms with Crippen molar-refractivity contribution in [3.8, 4) is 0 Å². The van der Waals surface area contributed by atoms with Crippen LogP contribution in [0, 0.1) is 5.92 Å². The van der Waals surface area contributed by atoms with E-state index in [0.29, 0.717) is 18.7 Å². The molecule has 7 heteroatoms. The van der Waals surface area contributed by atoms with Crippen LogP contribution in [0.2, 0.25) is 0 Å². The van der Waals surface area contributed by atoms with Crippen molar-refractivity contribution in [3.63, 3.8) is 0 Å². The molecule has 0 bridgehead atoms. The van der Waals surface area contributed by atoms with Crippen molar-refractivity contribution < 1.29 is 18.0 Å². The first-order valence-electron chi connectivity index (χ1n) is 5.36. The van der Waals surface area contributed by atoms with E-state index in [1.165, 1.54) is 11.0 Å². The Hall–Kier alpha value is -1.24. The van der Waals surface area contributed by atoms with Crippen molar-refractivity contribution >= 4 is 24.2 Å². The summed E-state index contributed by atoms with van der Waals surface area (Å²) in [5, 5.41) is 0. The fourth-order valence-electron chi connectivity index (χ4n) is 1.90. The number of rotatable bonds is 2. The second-order valence-electron chi connectivity index (χ2n) is 4.15. The minimum absolute atomic E-state index is 0.0864. The van der Waals surface area contributed by atoms with Crippen molar-refractivity contribution in [2.24, 2.45) is 5.92 Å². The Morgan fingerprint density at radius 3 is 2.78 bits per heavy atom. The zero-order valence-electron chi connectivity index (χ0n) is 9.31. The highest BCUT2D eigenvalue weighted by molar-refractivity contribution is 7.80. The van der Waals surface area contributed by atoms with Crippen molar-refractivity contribution in [2.75, 3.05) is 17.2 Å². The molecule has 1 amide bonds. The molecule has 0 spiro atoms. The third-order valence-corrected chi connectivity index (χ3v) is 3.33. The van der Waals surface area contributed by atoms with E-state index < -0.39 is 11.9 Å². The van der Waals surface area contributed by atoms with Gasteiger partial charge in [0.05, 0.1) is 0 Å². The van der Waals surface area contributed by atoms with Crippen LogP contribution in [0.3, 0.4) is 0 Å². The van der Waals surface area contributed by atoms with Crippen molar-refractivity contribution in [2.45, 2.75) is 12.6 Å². The number of halogens is 3. The largest absolute Gasteiger partial charge is 0.433 e. The van der Waals surface area contributed by atoms with E-state index in [1.54, 1.807) is 0 Å². The fourth-order valence-corrected chi connectivity index (χ4v) is 2.14. The predicted molar refractivity (Wildman–Crippen MR) is 63.6 cm³/mol.